The number of thioether (sulfide) groups is 2. The Morgan fingerprint density at radius 2 is 1.92 bits per heavy atom. The average molecular weight is 396 g/mol. The highest BCUT2D eigenvalue weighted by atomic mass is 32.2. The normalized spacial score (nSPS) is 17.2. The number of benzene rings is 1. The van der Waals surface area contributed by atoms with Gasteiger partial charge in [-0.1, -0.05) is 19.1 Å². The van der Waals surface area contributed by atoms with Crippen LogP contribution in [0, 0.1) is 0 Å². The summed E-state index contributed by atoms with van der Waals surface area (Å²) in [5.74, 6) is 2.12. The summed E-state index contributed by atoms with van der Waals surface area (Å²) in [6.45, 7) is 8.67. The number of nitrogens with zero attached hydrogens (tertiary/aromatic N) is 2. The van der Waals surface area contributed by atoms with Crippen LogP contribution in [0.15, 0.2) is 34.2 Å². The van der Waals surface area contributed by atoms with Gasteiger partial charge in [0.2, 0.25) is 0 Å². The highest BCUT2D eigenvalue weighted by Crippen LogP contribution is 2.35. The van der Waals surface area contributed by atoms with Gasteiger partial charge in [-0.3, -0.25) is 4.99 Å². The minimum Gasteiger partial charge on any atom is -0.381 e. The van der Waals surface area contributed by atoms with E-state index in [0.29, 0.717) is 0 Å². The Hall–Kier alpha value is -0.850. The van der Waals surface area contributed by atoms with Gasteiger partial charge in [0.25, 0.3) is 0 Å². The van der Waals surface area contributed by atoms with Crippen molar-refractivity contribution in [3.05, 3.63) is 29.8 Å². The van der Waals surface area contributed by atoms with Crippen LogP contribution in [0.3, 0.4) is 0 Å². The van der Waals surface area contributed by atoms with Crippen molar-refractivity contribution in [1.29, 1.82) is 0 Å². The first-order valence-corrected chi connectivity index (χ1v) is 11.7. The van der Waals surface area contributed by atoms with E-state index in [1.165, 1.54) is 10.5 Å². The molecule has 1 aliphatic heterocycles. The number of hydrogen-bond acceptors (Lipinski definition) is 4. The molecule has 2 rings (SSSR count). The molecule has 26 heavy (non-hydrogen) atoms. The first-order valence-electron chi connectivity index (χ1n) is 9.46. The van der Waals surface area contributed by atoms with Gasteiger partial charge in [-0.25, -0.2) is 0 Å². The van der Waals surface area contributed by atoms with Crippen molar-refractivity contribution in [2.24, 2.45) is 4.99 Å². The van der Waals surface area contributed by atoms with Crippen LogP contribution in [0.2, 0.25) is 0 Å². The number of nitrogens with one attached hydrogen (secondary N) is 1. The van der Waals surface area contributed by atoms with Crippen molar-refractivity contribution >= 4 is 29.5 Å². The molecule has 0 saturated carbocycles. The number of ether oxygens (including phenoxy) is 1. The molecule has 1 aromatic rings. The summed E-state index contributed by atoms with van der Waals surface area (Å²) in [7, 11) is 2.12. The van der Waals surface area contributed by atoms with E-state index in [1.807, 2.05) is 11.8 Å². The molecule has 0 unspecified atom stereocenters. The number of aliphatic imine (C=N–C) groups is 1. The quantitative estimate of drug-likeness (QED) is 0.407. The third-order valence-corrected chi connectivity index (χ3v) is 6.83. The maximum absolute atomic E-state index is 5.58. The minimum absolute atomic E-state index is 0.231. The maximum atomic E-state index is 5.58. The predicted octanol–water partition coefficient (Wildman–Crippen LogP) is 4.11. The van der Waals surface area contributed by atoms with Gasteiger partial charge >= 0.3 is 0 Å². The third kappa shape index (κ3) is 6.39. The molecule has 0 atom stereocenters. The van der Waals surface area contributed by atoms with E-state index in [9.17, 15) is 0 Å². The van der Waals surface area contributed by atoms with Gasteiger partial charge in [0.1, 0.15) is 0 Å². The van der Waals surface area contributed by atoms with Crippen molar-refractivity contribution in [1.82, 2.24) is 10.2 Å². The molecule has 0 spiro atoms. The Labute approximate surface area is 167 Å². The van der Waals surface area contributed by atoms with Crippen molar-refractivity contribution in [2.75, 3.05) is 45.4 Å². The molecule has 146 valence electrons. The number of guanidine groups is 1. The van der Waals surface area contributed by atoms with E-state index in [0.717, 1.165) is 57.4 Å². The number of rotatable bonds is 8. The van der Waals surface area contributed by atoms with Crippen LogP contribution in [0.5, 0.6) is 0 Å². The fourth-order valence-electron chi connectivity index (χ4n) is 3.17. The van der Waals surface area contributed by atoms with E-state index in [1.54, 1.807) is 11.8 Å². The lowest BCUT2D eigenvalue weighted by Gasteiger charge is -2.35. The SMILES string of the molecule is CCNC(=NCC1(SCC)CCOCC1)N(C)Cc1ccc(SC)cc1. The molecular weight excluding hydrogens is 362 g/mol. The molecule has 0 amide bonds. The molecule has 0 aliphatic carbocycles. The van der Waals surface area contributed by atoms with Crippen molar-refractivity contribution in [3.8, 4) is 0 Å². The molecule has 1 N–H and O–H groups in total. The fraction of sp³-hybridized carbons (Fsp3) is 0.650. The highest BCUT2D eigenvalue weighted by molar-refractivity contribution is 8.00. The summed E-state index contributed by atoms with van der Waals surface area (Å²) >= 11 is 3.82. The van der Waals surface area contributed by atoms with Gasteiger partial charge < -0.3 is 15.0 Å². The average Bonchev–Trinajstić information content (AvgIpc) is 2.66. The van der Waals surface area contributed by atoms with Gasteiger partial charge in [-0.05, 0) is 49.5 Å². The van der Waals surface area contributed by atoms with Gasteiger partial charge in [-0.15, -0.1) is 11.8 Å². The van der Waals surface area contributed by atoms with E-state index >= 15 is 0 Å². The Balaban J connectivity index is 2.05. The molecule has 1 fully saturated rings. The summed E-state index contributed by atoms with van der Waals surface area (Å²) in [5, 5.41) is 3.46. The van der Waals surface area contributed by atoms with Crippen molar-refractivity contribution in [3.63, 3.8) is 0 Å². The third-order valence-electron chi connectivity index (χ3n) is 4.65. The zero-order valence-electron chi connectivity index (χ0n) is 16.6. The lowest BCUT2D eigenvalue weighted by Crippen LogP contribution is -2.41. The second kappa shape index (κ2) is 11.1. The molecule has 1 saturated heterocycles. The number of hydrogen-bond donors (Lipinski definition) is 1. The van der Waals surface area contributed by atoms with Crippen molar-refractivity contribution in [2.45, 2.75) is 42.9 Å². The van der Waals surface area contributed by atoms with Gasteiger partial charge in [0.15, 0.2) is 5.96 Å². The van der Waals surface area contributed by atoms with Crippen LogP contribution >= 0.6 is 23.5 Å². The van der Waals surface area contributed by atoms with Crippen LogP contribution < -0.4 is 5.32 Å². The molecule has 1 aliphatic rings. The second-order valence-corrected chi connectivity index (χ2v) is 9.21. The first kappa shape index (κ1) is 21.5. The summed E-state index contributed by atoms with van der Waals surface area (Å²) < 4.78 is 5.81. The lowest BCUT2D eigenvalue weighted by molar-refractivity contribution is 0.0793. The molecule has 6 heteroatoms. The zero-order valence-corrected chi connectivity index (χ0v) is 18.2. The molecule has 0 radical (unpaired) electrons. The fourth-order valence-corrected chi connectivity index (χ4v) is 4.80. The molecule has 0 aromatic heterocycles. The zero-order chi connectivity index (χ0) is 18.8. The van der Waals surface area contributed by atoms with Gasteiger partial charge in [0, 0.05) is 43.0 Å². The van der Waals surface area contributed by atoms with Crippen LogP contribution in [0.4, 0.5) is 0 Å². The lowest BCUT2D eigenvalue weighted by atomic mass is 9.99. The smallest absolute Gasteiger partial charge is 0.194 e. The highest BCUT2D eigenvalue weighted by Gasteiger charge is 2.32. The van der Waals surface area contributed by atoms with Gasteiger partial charge in [0.05, 0.1) is 6.54 Å². The van der Waals surface area contributed by atoms with E-state index in [4.69, 9.17) is 9.73 Å². The molecule has 1 aromatic carbocycles. The maximum Gasteiger partial charge on any atom is 0.194 e. The van der Waals surface area contributed by atoms with Gasteiger partial charge in [-0.2, -0.15) is 11.8 Å². The topological polar surface area (TPSA) is 36.9 Å². The Morgan fingerprint density at radius 3 is 2.50 bits per heavy atom. The summed E-state index contributed by atoms with van der Waals surface area (Å²) in [5.41, 5.74) is 1.31. The molecular formula is C20H33N3OS2. The minimum atomic E-state index is 0.231. The van der Waals surface area contributed by atoms with Crippen LogP contribution in [-0.4, -0.2) is 61.0 Å². The van der Waals surface area contributed by atoms with E-state index < -0.39 is 0 Å². The second-order valence-electron chi connectivity index (χ2n) is 6.60. The van der Waals surface area contributed by atoms with Crippen molar-refractivity contribution < 1.29 is 4.74 Å². The molecule has 4 nitrogen and oxygen atoms in total. The summed E-state index contributed by atoms with van der Waals surface area (Å²) in [4.78, 5) is 8.53. The summed E-state index contributed by atoms with van der Waals surface area (Å²) in [6.07, 6.45) is 4.29. The Kier molecular flexibility index (Phi) is 9.16. The van der Waals surface area contributed by atoms with Crippen LogP contribution in [0.1, 0.15) is 32.3 Å². The predicted molar refractivity (Wildman–Crippen MR) is 117 cm³/mol. The monoisotopic (exact) mass is 395 g/mol. The summed E-state index contributed by atoms with van der Waals surface area (Å²) in [6, 6.07) is 8.79. The molecule has 0 bridgehead atoms. The Bertz CT molecular complexity index is 551. The van der Waals surface area contributed by atoms with E-state index in [2.05, 4.69) is 61.6 Å². The Morgan fingerprint density at radius 1 is 1.23 bits per heavy atom. The first-order chi connectivity index (χ1) is 12.6. The molecule has 1 heterocycles. The van der Waals surface area contributed by atoms with Crippen LogP contribution in [-0.2, 0) is 11.3 Å². The van der Waals surface area contributed by atoms with E-state index in [-0.39, 0.29) is 4.75 Å². The van der Waals surface area contributed by atoms with Crippen LogP contribution in [0.25, 0.3) is 0 Å². The largest absolute Gasteiger partial charge is 0.381 e. The standard InChI is InChI=1S/C20H33N3OS2/c1-5-21-19(22-16-20(26-6-2)11-13-24-14-12-20)23(3)15-17-7-9-18(25-4)10-8-17/h7-10H,5-6,11-16H2,1-4H3,(H,21,22).